The van der Waals surface area contributed by atoms with Crippen molar-refractivity contribution in [3.05, 3.63) is 35.1 Å². The van der Waals surface area contributed by atoms with Crippen molar-refractivity contribution >= 4 is 22.6 Å². The lowest BCUT2D eigenvalue weighted by molar-refractivity contribution is 1.27. The van der Waals surface area contributed by atoms with Crippen molar-refractivity contribution in [2.45, 2.75) is 6.92 Å². The van der Waals surface area contributed by atoms with Gasteiger partial charge in [0.1, 0.15) is 5.15 Å². The van der Waals surface area contributed by atoms with Crippen LogP contribution in [-0.4, -0.2) is 9.97 Å². The number of nitrogens with zero attached hydrogens (tertiary/aromatic N) is 2. The number of aryl methyl sites for hydroxylation is 1. The largest absolute Gasteiger partial charge is 0.251 e. The van der Waals surface area contributed by atoms with Crippen LogP contribution in [0.5, 0.6) is 0 Å². The van der Waals surface area contributed by atoms with E-state index in [2.05, 4.69) is 9.97 Å². The van der Waals surface area contributed by atoms with Crippen molar-refractivity contribution in [3.63, 3.8) is 0 Å². The Kier molecular flexibility index (Phi) is 1.70. The van der Waals surface area contributed by atoms with Crippen molar-refractivity contribution in [2.24, 2.45) is 0 Å². The number of benzene rings is 1. The van der Waals surface area contributed by atoms with Crippen LogP contribution in [0.3, 0.4) is 0 Å². The minimum absolute atomic E-state index is 0.438. The molecule has 0 atom stereocenters. The number of hydrogen-bond acceptors (Lipinski definition) is 2. The van der Waals surface area contributed by atoms with Gasteiger partial charge in [0.05, 0.1) is 17.2 Å². The van der Waals surface area contributed by atoms with Gasteiger partial charge >= 0.3 is 0 Å². The van der Waals surface area contributed by atoms with E-state index < -0.39 is 0 Å². The molecule has 0 fully saturated rings. The predicted molar refractivity (Wildman–Crippen MR) is 49.3 cm³/mol. The molecular formula is C9H7ClN2. The summed E-state index contributed by atoms with van der Waals surface area (Å²) in [5.41, 5.74) is 2.89. The van der Waals surface area contributed by atoms with Gasteiger partial charge in [0, 0.05) is 0 Å². The fourth-order valence-electron chi connectivity index (χ4n) is 1.16. The molecule has 12 heavy (non-hydrogen) atoms. The molecule has 1 aromatic heterocycles. The maximum atomic E-state index is 5.70. The lowest BCUT2D eigenvalue weighted by Gasteiger charge is -1.98. The topological polar surface area (TPSA) is 25.8 Å². The van der Waals surface area contributed by atoms with Gasteiger partial charge < -0.3 is 0 Å². The third-order valence-corrected chi connectivity index (χ3v) is 1.93. The Labute approximate surface area is 75.2 Å². The van der Waals surface area contributed by atoms with Gasteiger partial charge in [-0.1, -0.05) is 23.7 Å². The van der Waals surface area contributed by atoms with Crippen LogP contribution in [0.2, 0.25) is 5.15 Å². The number of aromatic nitrogens is 2. The van der Waals surface area contributed by atoms with Gasteiger partial charge in [0.15, 0.2) is 0 Å². The number of rotatable bonds is 0. The number of para-hydroxylation sites is 1. The maximum absolute atomic E-state index is 5.70. The van der Waals surface area contributed by atoms with E-state index in [-0.39, 0.29) is 0 Å². The first-order valence-electron chi connectivity index (χ1n) is 3.65. The summed E-state index contributed by atoms with van der Waals surface area (Å²) >= 11 is 5.70. The van der Waals surface area contributed by atoms with Gasteiger partial charge in [-0.2, -0.15) is 0 Å². The summed E-state index contributed by atoms with van der Waals surface area (Å²) in [5.74, 6) is 0. The lowest BCUT2D eigenvalue weighted by atomic mass is 10.2. The molecule has 0 radical (unpaired) electrons. The van der Waals surface area contributed by atoms with Crippen LogP contribution >= 0.6 is 11.6 Å². The number of fused-ring (bicyclic) bond motifs is 1. The normalized spacial score (nSPS) is 10.5. The number of halogens is 1. The quantitative estimate of drug-likeness (QED) is 0.620. The first-order chi connectivity index (χ1) is 5.77. The highest BCUT2D eigenvalue weighted by atomic mass is 35.5. The minimum atomic E-state index is 0.438. The summed E-state index contributed by atoms with van der Waals surface area (Å²) in [6.07, 6.45) is 1.57. The van der Waals surface area contributed by atoms with E-state index in [1.54, 1.807) is 6.20 Å². The molecule has 0 bridgehead atoms. The van der Waals surface area contributed by atoms with Gasteiger partial charge in [-0.05, 0) is 18.6 Å². The first kappa shape index (κ1) is 7.50. The van der Waals surface area contributed by atoms with E-state index in [9.17, 15) is 0 Å². The third-order valence-electron chi connectivity index (χ3n) is 1.74. The van der Waals surface area contributed by atoms with Crippen LogP contribution in [0.25, 0.3) is 11.0 Å². The molecule has 0 spiro atoms. The second kappa shape index (κ2) is 2.72. The van der Waals surface area contributed by atoms with Gasteiger partial charge in [0.25, 0.3) is 0 Å². The standard InChI is InChI=1S/C9H7ClN2/c1-6-3-2-4-7-9(6)11-5-8(10)12-7/h2-5H,1H3. The summed E-state index contributed by atoms with van der Waals surface area (Å²) in [5, 5.41) is 0.438. The molecule has 0 saturated heterocycles. The smallest absolute Gasteiger partial charge is 0.148 e. The molecule has 2 nitrogen and oxygen atoms in total. The van der Waals surface area contributed by atoms with Crippen molar-refractivity contribution < 1.29 is 0 Å². The Hall–Kier alpha value is -1.15. The van der Waals surface area contributed by atoms with E-state index in [0.29, 0.717) is 5.15 Å². The Morgan fingerprint density at radius 3 is 3.00 bits per heavy atom. The minimum Gasteiger partial charge on any atom is -0.251 e. The molecule has 0 saturated carbocycles. The zero-order valence-electron chi connectivity index (χ0n) is 6.58. The van der Waals surface area contributed by atoms with E-state index in [1.165, 1.54) is 0 Å². The van der Waals surface area contributed by atoms with Gasteiger partial charge in [0.2, 0.25) is 0 Å². The Morgan fingerprint density at radius 2 is 2.17 bits per heavy atom. The predicted octanol–water partition coefficient (Wildman–Crippen LogP) is 2.59. The van der Waals surface area contributed by atoms with Crippen LogP contribution in [0, 0.1) is 6.92 Å². The highest BCUT2D eigenvalue weighted by molar-refractivity contribution is 6.29. The summed E-state index contributed by atoms with van der Waals surface area (Å²) in [7, 11) is 0. The SMILES string of the molecule is Cc1cccc2nc(Cl)cnc12. The molecule has 0 aliphatic rings. The molecule has 1 heterocycles. The lowest BCUT2D eigenvalue weighted by Crippen LogP contribution is -1.86. The van der Waals surface area contributed by atoms with Crippen LogP contribution in [0.1, 0.15) is 5.56 Å². The first-order valence-corrected chi connectivity index (χ1v) is 4.03. The zero-order chi connectivity index (χ0) is 8.55. The van der Waals surface area contributed by atoms with Gasteiger partial charge in [-0.25, -0.2) is 4.98 Å². The van der Waals surface area contributed by atoms with E-state index in [1.807, 2.05) is 25.1 Å². The summed E-state index contributed by atoms with van der Waals surface area (Å²) in [6.45, 7) is 2.00. The van der Waals surface area contributed by atoms with Crippen LogP contribution < -0.4 is 0 Å². The molecular weight excluding hydrogens is 172 g/mol. The van der Waals surface area contributed by atoms with Crippen molar-refractivity contribution in [1.29, 1.82) is 0 Å². The van der Waals surface area contributed by atoms with Crippen LogP contribution in [0.4, 0.5) is 0 Å². The summed E-state index contributed by atoms with van der Waals surface area (Å²) < 4.78 is 0. The van der Waals surface area contributed by atoms with Crippen molar-refractivity contribution in [1.82, 2.24) is 9.97 Å². The van der Waals surface area contributed by atoms with Crippen LogP contribution in [-0.2, 0) is 0 Å². The summed E-state index contributed by atoms with van der Waals surface area (Å²) in [4.78, 5) is 8.33. The fourth-order valence-corrected chi connectivity index (χ4v) is 1.30. The summed E-state index contributed by atoms with van der Waals surface area (Å²) in [6, 6.07) is 5.86. The van der Waals surface area contributed by atoms with Gasteiger partial charge in [-0.15, -0.1) is 0 Å². The highest BCUT2D eigenvalue weighted by Gasteiger charge is 1.98. The molecule has 0 unspecified atom stereocenters. The zero-order valence-corrected chi connectivity index (χ0v) is 7.34. The molecule has 3 heteroatoms. The molecule has 0 aliphatic carbocycles. The molecule has 2 aromatic rings. The van der Waals surface area contributed by atoms with Gasteiger partial charge in [-0.3, -0.25) is 4.98 Å². The average molecular weight is 179 g/mol. The molecule has 2 rings (SSSR count). The molecule has 0 amide bonds. The van der Waals surface area contributed by atoms with Crippen molar-refractivity contribution in [3.8, 4) is 0 Å². The average Bonchev–Trinajstić information content (AvgIpc) is 2.04. The molecule has 0 N–H and O–H groups in total. The highest BCUT2D eigenvalue weighted by Crippen LogP contribution is 2.15. The molecule has 1 aromatic carbocycles. The monoisotopic (exact) mass is 178 g/mol. The second-order valence-electron chi connectivity index (χ2n) is 2.64. The fraction of sp³-hybridized carbons (Fsp3) is 0.111. The van der Waals surface area contributed by atoms with E-state index in [0.717, 1.165) is 16.6 Å². The molecule has 60 valence electrons. The Morgan fingerprint density at radius 1 is 1.33 bits per heavy atom. The Balaban J connectivity index is 2.86. The van der Waals surface area contributed by atoms with E-state index >= 15 is 0 Å². The maximum Gasteiger partial charge on any atom is 0.148 e. The van der Waals surface area contributed by atoms with Crippen molar-refractivity contribution in [2.75, 3.05) is 0 Å². The number of hydrogen-bond donors (Lipinski definition) is 0. The third kappa shape index (κ3) is 1.14. The van der Waals surface area contributed by atoms with E-state index in [4.69, 9.17) is 11.6 Å². The Bertz CT molecular complexity index is 426. The molecule has 0 aliphatic heterocycles. The second-order valence-corrected chi connectivity index (χ2v) is 3.02. The van der Waals surface area contributed by atoms with Crippen LogP contribution in [0.15, 0.2) is 24.4 Å².